The normalized spacial score (nSPS) is 16.8. The monoisotopic (exact) mass is 370 g/mol. The molecule has 0 aliphatic carbocycles. The van der Waals surface area contributed by atoms with Gasteiger partial charge in [-0.3, -0.25) is 14.3 Å². The van der Waals surface area contributed by atoms with Crippen LogP contribution in [0.5, 0.6) is 0 Å². The summed E-state index contributed by atoms with van der Waals surface area (Å²) >= 11 is 0. The smallest absolute Gasteiger partial charge is 0.228 e. The van der Waals surface area contributed by atoms with Crippen LogP contribution < -0.4 is 0 Å². The number of likely N-dealkylation sites (tertiary alicyclic amines) is 1. The number of aromatic nitrogens is 2. The summed E-state index contributed by atoms with van der Waals surface area (Å²) in [6.45, 7) is 3.48. The van der Waals surface area contributed by atoms with Crippen molar-refractivity contribution in [3.8, 4) is 0 Å². The second kappa shape index (κ2) is 8.35. The van der Waals surface area contributed by atoms with E-state index in [1.54, 1.807) is 20.7 Å². The van der Waals surface area contributed by atoms with E-state index in [1.807, 2.05) is 44.4 Å². The van der Waals surface area contributed by atoms with Gasteiger partial charge in [-0.2, -0.15) is 5.10 Å². The maximum Gasteiger partial charge on any atom is 0.228 e. The summed E-state index contributed by atoms with van der Waals surface area (Å²) in [5.74, 6) is -0.460. The average molecular weight is 370 g/mol. The van der Waals surface area contributed by atoms with Crippen LogP contribution in [-0.4, -0.2) is 56.2 Å². The Bertz CT molecular complexity index is 800. The molecule has 1 aliphatic heterocycles. The van der Waals surface area contributed by atoms with Crippen molar-refractivity contribution < 1.29 is 14.7 Å². The Morgan fingerprint density at radius 3 is 2.67 bits per heavy atom. The zero-order chi connectivity index (χ0) is 19.4. The molecule has 0 bridgehead atoms. The summed E-state index contributed by atoms with van der Waals surface area (Å²) in [6.07, 6.45) is 3.78. The van der Waals surface area contributed by atoms with Gasteiger partial charge in [0, 0.05) is 51.4 Å². The van der Waals surface area contributed by atoms with Gasteiger partial charge in [-0.1, -0.05) is 29.8 Å². The van der Waals surface area contributed by atoms with Gasteiger partial charge in [0.1, 0.15) is 0 Å². The Hall–Kier alpha value is -2.67. The molecule has 2 aromatic rings. The van der Waals surface area contributed by atoms with Crippen molar-refractivity contribution in [1.29, 1.82) is 0 Å². The highest BCUT2D eigenvalue weighted by Crippen LogP contribution is 2.23. The topological polar surface area (TPSA) is 78.7 Å². The predicted octanol–water partition coefficient (Wildman–Crippen LogP) is 1.10. The van der Waals surface area contributed by atoms with Crippen molar-refractivity contribution >= 4 is 11.8 Å². The van der Waals surface area contributed by atoms with E-state index in [4.69, 9.17) is 0 Å². The predicted molar refractivity (Wildman–Crippen MR) is 100 cm³/mol. The quantitative estimate of drug-likeness (QED) is 0.792. The number of hydrogen-bond donors (Lipinski definition) is 1. The highest BCUT2D eigenvalue weighted by Gasteiger charge is 2.36. The highest BCUT2D eigenvalue weighted by molar-refractivity contribution is 5.89. The number of benzene rings is 1. The first kappa shape index (κ1) is 19.1. The van der Waals surface area contributed by atoms with Crippen molar-refractivity contribution in [2.75, 3.05) is 19.7 Å². The van der Waals surface area contributed by atoms with Crippen LogP contribution in [0.1, 0.15) is 23.1 Å². The number of nitrogens with zero attached hydrogens (tertiary/aromatic N) is 4. The lowest BCUT2D eigenvalue weighted by Crippen LogP contribution is -2.38. The summed E-state index contributed by atoms with van der Waals surface area (Å²) in [7, 11) is 1.82. The molecule has 1 atom stereocenters. The number of aliphatic hydroxyl groups is 1. The molecule has 1 saturated heterocycles. The zero-order valence-electron chi connectivity index (χ0n) is 15.8. The van der Waals surface area contributed by atoms with Crippen LogP contribution in [0.4, 0.5) is 0 Å². The van der Waals surface area contributed by atoms with E-state index in [0.29, 0.717) is 19.6 Å². The number of aliphatic hydroxyl groups excluding tert-OH is 1. The van der Waals surface area contributed by atoms with Gasteiger partial charge in [0.25, 0.3) is 0 Å². The molecule has 27 heavy (non-hydrogen) atoms. The molecule has 3 rings (SSSR count). The second-order valence-electron chi connectivity index (χ2n) is 7.17. The van der Waals surface area contributed by atoms with E-state index in [-0.39, 0.29) is 37.3 Å². The minimum atomic E-state index is -0.369. The molecule has 144 valence electrons. The second-order valence-corrected chi connectivity index (χ2v) is 7.17. The Morgan fingerprint density at radius 1 is 1.30 bits per heavy atom. The average Bonchev–Trinajstić information content (AvgIpc) is 3.22. The molecule has 1 N–H and O–H groups in total. The molecule has 2 amide bonds. The summed E-state index contributed by atoms with van der Waals surface area (Å²) in [5.41, 5.74) is 3.14. The van der Waals surface area contributed by atoms with Crippen LogP contribution in [0, 0.1) is 12.8 Å². The maximum absolute atomic E-state index is 12.9. The number of hydrogen-bond acceptors (Lipinski definition) is 4. The lowest BCUT2D eigenvalue weighted by Gasteiger charge is -2.24. The maximum atomic E-state index is 12.9. The molecule has 7 nitrogen and oxygen atoms in total. The molecule has 7 heteroatoms. The van der Waals surface area contributed by atoms with Crippen LogP contribution in [0.2, 0.25) is 0 Å². The first-order valence-electron chi connectivity index (χ1n) is 9.16. The minimum Gasteiger partial charge on any atom is -0.395 e. The molecule has 2 heterocycles. The molecule has 1 aromatic carbocycles. The number of rotatable bonds is 7. The third-order valence-electron chi connectivity index (χ3n) is 4.87. The van der Waals surface area contributed by atoms with Gasteiger partial charge in [-0.15, -0.1) is 0 Å². The van der Waals surface area contributed by atoms with E-state index < -0.39 is 0 Å². The van der Waals surface area contributed by atoms with Gasteiger partial charge in [-0.05, 0) is 12.5 Å². The first-order valence-corrected chi connectivity index (χ1v) is 9.16. The molecular weight excluding hydrogens is 344 g/mol. The van der Waals surface area contributed by atoms with Crippen molar-refractivity contribution in [2.45, 2.75) is 26.4 Å². The number of carbonyl (C=O) groups excluding carboxylic acids is 2. The van der Waals surface area contributed by atoms with Gasteiger partial charge in [0.2, 0.25) is 11.8 Å². The fourth-order valence-corrected chi connectivity index (χ4v) is 3.42. The van der Waals surface area contributed by atoms with Crippen LogP contribution in [0.3, 0.4) is 0 Å². The number of carbonyl (C=O) groups is 2. The summed E-state index contributed by atoms with van der Waals surface area (Å²) in [5, 5.41) is 13.5. The Balaban J connectivity index is 1.64. The van der Waals surface area contributed by atoms with Gasteiger partial charge in [0.15, 0.2) is 0 Å². The van der Waals surface area contributed by atoms with Crippen molar-refractivity contribution in [3.63, 3.8) is 0 Å². The van der Waals surface area contributed by atoms with Crippen molar-refractivity contribution in [1.82, 2.24) is 19.6 Å². The van der Waals surface area contributed by atoms with Gasteiger partial charge in [-0.25, -0.2) is 0 Å². The summed E-state index contributed by atoms with van der Waals surface area (Å²) in [4.78, 5) is 28.7. The number of aryl methyl sites for hydroxylation is 2. The van der Waals surface area contributed by atoms with Crippen LogP contribution in [0.25, 0.3) is 0 Å². The fraction of sp³-hybridized carbons (Fsp3) is 0.450. The molecule has 0 saturated carbocycles. The van der Waals surface area contributed by atoms with Crippen LogP contribution >= 0.6 is 0 Å². The summed E-state index contributed by atoms with van der Waals surface area (Å²) in [6, 6.07) is 8.07. The van der Waals surface area contributed by atoms with Crippen LogP contribution in [0.15, 0.2) is 36.7 Å². The largest absolute Gasteiger partial charge is 0.395 e. The highest BCUT2D eigenvalue weighted by atomic mass is 16.3. The Kier molecular flexibility index (Phi) is 5.91. The third kappa shape index (κ3) is 4.74. The molecule has 0 spiro atoms. The van der Waals surface area contributed by atoms with Gasteiger partial charge in [0.05, 0.1) is 18.7 Å². The van der Waals surface area contributed by atoms with E-state index >= 15 is 0 Å². The van der Waals surface area contributed by atoms with E-state index in [9.17, 15) is 14.7 Å². The van der Waals surface area contributed by atoms with Gasteiger partial charge < -0.3 is 14.9 Å². The third-order valence-corrected chi connectivity index (χ3v) is 4.87. The number of amides is 2. The van der Waals surface area contributed by atoms with Gasteiger partial charge >= 0.3 is 0 Å². The first-order chi connectivity index (χ1) is 13.0. The standard InChI is InChI=1S/C20H26N4O3/c1-15-3-5-16(6-4-15)12-24-14-18(9-19(24)26)20(27)23(7-8-25)13-17-10-21-22(2)11-17/h3-6,10-11,18,25H,7-9,12-14H2,1-2H3. The molecule has 1 unspecified atom stereocenters. The van der Waals surface area contributed by atoms with E-state index in [0.717, 1.165) is 11.1 Å². The SMILES string of the molecule is Cc1ccc(CN2CC(C(=O)N(CCO)Cc3cnn(C)c3)CC2=O)cc1. The van der Waals surface area contributed by atoms with E-state index in [1.165, 1.54) is 5.56 Å². The van der Waals surface area contributed by atoms with E-state index in [2.05, 4.69) is 5.10 Å². The summed E-state index contributed by atoms with van der Waals surface area (Å²) < 4.78 is 1.68. The lowest BCUT2D eigenvalue weighted by molar-refractivity contribution is -0.137. The van der Waals surface area contributed by atoms with Crippen LogP contribution in [-0.2, 0) is 29.7 Å². The molecule has 1 aliphatic rings. The fourth-order valence-electron chi connectivity index (χ4n) is 3.42. The Morgan fingerprint density at radius 2 is 2.04 bits per heavy atom. The molecule has 1 aromatic heterocycles. The molecule has 1 fully saturated rings. The Labute approximate surface area is 159 Å². The molecular formula is C20H26N4O3. The zero-order valence-corrected chi connectivity index (χ0v) is 15.8. The van der Waals surface area contributed by atoms with Crippen molar-refractivity contribution in [3.05, 3.63) is 53.3 Å². The minimum absolute atomic E-state index is 0.000693. The van der Waals surface area contributed by atoms with Crippen molar-refractivity contribution in [2.24, 2.45) is 13.0 Å². The lowest BCUT2D eigenvalue weighted by atomic mass is 10.1. The molecule has 0 radical (unpaired) electrons.